The molecule has 4 heteroatoms. The topological polar surface area (TPSA) is 35.5 Å². The maximum Gasteiger partial charge on any atom is 0.462 e. The molecule has 1 unspecified atom stereocenters. The third-order valence-electron chi connectivity index (χ3n) is 6.74. The van der Waals surface area contributed by atoms with Crippen LogP contribution in [0.15, 0.2) is 54.6 Å². The van der Waals surface area contributed by atoms with Crippen molar-refractivity contribution in [2.75, 3.05) is 0 Å². The molecule has 1 aliphatic heterocycles. The van der Waals surface area contributed by atoms with Gasteiger partial charge < -0.3 is 9.05 Å². The standard InChI is InChI=1S/C31H39O3P/c1-20-14-23(4)29-27(16-20)26(18-22(3)19-31(6,7)8)28-17-21(2)15-24(5)30(28)34-35(32,33-29)25-12-10-9-11-13-25/h9-17,22,26H,18-19H2,1-8H3. The summed E-state index contributed by atoms with van der Waals surface area (Å²) < 4.78 is 27.4. The minimum Gasteiger partial charge on any atom is -0.412 e. The highest BCUT2D eigenvalue weighted by atomic mass is 31.2. The van der Waals surface area contributed by atoms with Gasteiger partial charge in [0.15, 0.2) is 0 Å². The zero-order valence-electron chi connectivity index (χ0n) is 22.4. The van der Waals surface area contributed by atoms with Crippen molar-refractivity contribution in [3.05, 3.63) is 88.0 Å². The molecular formula is C31H39O3P. The highest BCUT2D eigenvalue weighted by Gasteiger charge is 2.39. The first kappa shape index (κ1) is 25.6. The van der Waals surface area contributed by atoms with Gasteiger partial charge in [-0.25, -0.2) is 4.57 Å². The van der Waals surface area contributed by atoms with Crippen molar-refractivity contribution < 1.29 is 13.6 Å². The average Bonchev–Trinajstić information content (AvgIpc) is 2.74. The zero-order valence-corrected chi connectivity index (χ0v) is 23.3. The summed E-state index contributed by atoms with van der Waals surface area (Å²) in [6.07, 6.45) is 2.08. The first-order valence-electron chi connectivity index (χ1n) is 12.6. The summed E-state index contributed by atoms with van der Waals surface area (Å²) in [4.78, 5) is 0. The molecule has 186 valence electrons. The van der Waals surface area contributed by atoms with Gasteiger partial charge in [0.2, 0.25) is 0 Å². The predicted octanol–water partition coefficient (Wildman–Crippen LogP) is 8.80. The minimum absolute atomic E-state index is 0.0825. The molecule has 35 heavy (non-hydrogen) atoms. The highest BCUT2D eigenvalue weighted by Crippen LogP contribution is 2.56. The fourth-order valence-corrected chi connectivity index (χ4v) is 7.43. The molecule has 0 saturated carbocycles. The smallest absolute Gasteiger partial charge is 0.412 e. The van der Waals surface area contributed by atoms with Crippen LogP contribution in [0.3, 0.4) is 0 Å². The van der Waals surface area contributed by atoms with Gasteiger partial charge in [0, 0.05) is 17.0 Å². The number of rotatable bonds is 4. The van der Waals surface area contributed by atoms with Crippen molar-refractivity contribution in [2.45, 2.75) is 74.1 Å². The average molecular weight is 491 g/mol. The van der Waals surface area contributed by atoms with Crippen LogP contribution in [0.2, 0.25) is 0 Å². The van der Waals surface area contributed by atoms with Crippen molar-refractivity contribution in [1.82, 2.24) is 0 Å². The van der Waals surface area contributed by atoms with E-state index in [4.69, 9.17) is 9.05 Å². The third-order valence-corrected chi connectivity index (χ3v) is 8.52. The molecule has 0 aromatic heterocycles. The Bertz CT molecular complexity index is 1210. The SMILES string of the molecule is Cc1cc(C)c2c(c1)C(CC(C)CC(C)(C)C)c1cc(C)cc(C)c1OP(=O)(c1ccccc1)O2. The Balaban J connectivity index is 1.98. The lowest BCUT2D eigenvalue weighted by Gasteiger charge is -2.34. The Kier molecular flexibility index (Phi) is 6.95. The van der Waals surface area contributed by atoms with Crippen LogP contribution < -0.4 is 14.4 Å². The Morgan fingerprint density at radius 2 is 1.31 bits per heavy atom. The van der Waals surface area contributed by atoms with Crippen molar-refractivity contribution in [3.8, 4) is 11.5 Å². The van der Waals surface area contributed by atoms with Gasteiger partial charge in [-0.2, -0.15) is 0 Å². The second-order valence-electron chi connectivity index (χ2n) is 11.7. The fraction of sp³-hybridized carbons (Fsp3) is 0.419. The Hall–Kier alpha value is -2.51. The van der Waals surface area contributed by atoms with Crippen LogP contribution in [0.25, 0.3) is 0 Å². The van der Waals surface area contributed by atoms with E-state index in [2.05, 4.69) is 65.8 Å². The Morgan fingerprint density at radius 3 is 1.77 bits per heavy atom. The van der Waals surface area contributed by atoms with Gasteiger partial charge in [-0.1, -0.05) is 81.3 Å². The first-order valence-corrected chi connectivity index (χ1v) is 14.2. The lowest BCUT2D eigenvalue weighted by Crippen LogP contribution is -2.21. The van der Waals surface area contributed by atoms with Gasteiger partial charge in [-0.05, 0) is 75.1 Å². The second kappa shape index (κ2) is 9.51. The number of benzene rings is 3. The molecule has 0 spiro atoms. The monoisotopic (exact) mass is 490 g/mol. The van der Waals surface area contributed by atoms with Crippen molar-refractivity contribution in [3.63, 3.8) is 0 Å². The van der Waals surface area contributed by atoms with Gasteiger partial charge in [0.25, 0.3) is 0 Å². The van der Waals surface area contributed by atoms with Gasteiger partial charge in [0.05, 0.1) is 5.30 Å². The highest BCUT2D eigenvalue weighted by molar-refractivity contribution is 7.63. The normalized spacial score (nSPS) is 20.5. The molecule has 0 bridgehead atoms. The molecule has 1 aliphatic rings. The van der Waals surface area contributed by atoms with E-state index < -0.39 is 7.60 Å². The molecule has 0 aliphatic carbocycles. The molecule has 0 amide bonds. The lowest BCUT2D eigenvalue weighted by molar-refractivity contribution is 0.288. The van der Waals surface area contributed by atoms with Crippen LogP contribution in [0.4, 0.5) is 0 Å². The number of hydrogen-bond donors (Lipinski definition) is 0. The molecule has 1 heterocycles. The van der Waals surface area contributed by atoms with E-state index in [1.807, 2.05) is 44.2 Å². The number of fused-ring (bicyclic) bond motifs is 2. The maximum atomic E-state index is 14.5. The van der Waals surface area contributed by atoms with Gasteiger partial charge in [0.1, 0.15) is 11.5 Å². The minimum atomic E-state index is -3.68. The summed E-state index contributed by atoms with van der Waals surface area (Å²) in [7, 11) is -3.68. The van der Waals surface area contributed by atoms with E-state index in [9.17, 15) is 4.57 Å². The fourth-order valence-electron chi connectivity index (χ4n) is 5.67. The molecule has 1 atom stereocenters. The van der Waals surface area contributed by atoms with E-state index in [1.165, 1.54) is 11.1 Å². The predicted molar refractivity (Wildman–Crippen MR) is 146 cm³/mol. The van der Waals surface area contributed by atoms with Crippen LogP contribution in [0.1, 0.15) is 79.8 Å². The Labute approximate surface area is 211 Å². The second-order valence-corrected chi connectivity index (χ2v) is 13.6. The van der Waals surface area contributed by atoms with Crippen LogP contribution in [-0.4, -0.2) is 0 Å². The first-order chi connectivity index (χ1) is 16.4. The molecule has 3 nitrogen and oxygen atoms in total. The summed E-state index contributed by atoms with van der Waals surface area (Å²) in [5, 5.41) is 0.566. The number of aryl methyl sites for hydroxylation is 4. The third kappa shape index (κ3) is 5.51. The van der Waals surface area contributed by atoms with Gasteiger partial charge >= 0.3 is 7.60 Å². The molecule has 0 N–H and O–H groups in total. The Morgan fingerprint density at radius 1 is 0.829 bits per heavy atom. The summed E-state index contributed by atoms with van der Waals surface area (Å²) in [5.41, 5.74) is 6.79. The van der Waals surface area contributed by atoms with Crippen LogP contribution >= 0.6 is 7.60 Å². The molecule has 4 rings (SSSR count). The lowest BCUT2D eigenvalue weighted by atomic mass is 9.76. The molecule has 0 saturated heterocycles. The largest absolute Gasteiger partial charge is 0.462 e. The molecule has 3 aromatic carbocycles. The van der Waals surface area contributed by atoms with Crippen LogP contribution in [0.5, 0.6) is 11.5 Å². The van der Waals surface area contributed by atoms with Crippen molar-refractivity contribution in [1.29, 1.82) is 0 Å². The van der Waals surface area contributed by atoms with E-state index >= 15 is 0 Å². The van der Waals surface area contributed by atoms with Crippen molar-refractivity contribution >= 4 is 12.9 Å². The van der Waals surface area contributed by atoms with Crippen LogP contribution in [-0.2, 0) is 4.57 Å². The van der Waals surface area contributed by atoms with E-state index in [1.54, 1.807) is 0 Å². The molecule has 0 fully saturated rings. The maximum absolute atomic E-state index is 14.5. The van der Waals surface area contributed by atoms with Crippen molar-refractivity contribution in [2.24, 2.45) is 11.3 Å². The molecular weight excluding hydrogens is 451 g/mol. The summed E-state index contributed by atoms with van der Waals surface area (Å²) in [5.74, 6) is 1.96. The molecule has 3 aromatic rings. The van der Waals surface area contributed by atoms with Gasteiger partial charge in [-0.15, -0.1) is 0 Å². The van der Waals surface area contributed by atoms with Crippen LogP contribution in [0, 0.1) is 39.0 Å². The zero-order chi connectivity index (χ0) is 25.5. The van der Waals surface area contributed by atoms with E-state index in [0.29, 0.717) is 22.7 Å². The summed E-state index contributed by atoms with van der Waals surface area (Å²) >= 11 is 0. The quantitative estimate of drug-likeness (QED) is 0.343. The summed E-state index contributed by atoms with van der Waals surface area (Å²) in [6, 6.07) is 18.0. The van der Waals surface area contributed by atoms with Gasteiger partial charge in [-0.3, -0.25) is 0 Å². The summed E-state index contributed by atoms with van der Waals surface area (Å²) in [6.45, 7) is 17.6. The number of hydrogen-bond acceptors (Lipinski definition) is 3. The van der Waals surface area contributed by atoms with E-state index in [-0.39, 0.29) is 11.3 Å². The van der Waals surface area contributed by atoms with E-state index in [0.717, 1.165) is 35.1 Å². The molecule has 0 radical (unpaired) electrons.